The van der Waals surface area contributed by atoms with Crippen LogP contribution in [-0.2, 0) is 44.7 Å². The molecular weight excluding hydrogens is 356 g/mol. The highest BCUT2D eigenvalue weighted by atomic mass is 16.6. The number of carbonyl (C=O) groups excluding carboxylic acids is 4. The second-order valence-electron chi connectivity index (χ2n) is 5.48. The van der Waals surface area contributed by atoms with E-state index in [1.807, 2.05) is 18.2 Å². The summed E-state index contributed by atoms with van der Waals surface area (Å²) in [4.78, 5) is 45.5. The van der Waals surface area contributed by atoms with Crippen LogP contribution in [0, 0.1) is 0 Å². The second kappa shape index (κ2) is 11.5. The molecule has 2 atom stereocenters. The number of hydrogen-bond acceptors (Lipinski definition) is 8. The molecule has 0 aliphatic carbocycles. The molecule has 8 nitrogen and oxygen atoms in total. The Morgan fingerprint density at radius 2 is 1.52 bits per heavy atom. The zero-order valence-corrected chi connectivity index (χ0v) is 15.4. The molecule has 0 aliphatic heterocycles. The zero-order valence-electron chi connectivity index (χ0n) is 15.4. The van der Waals surface area contributed by atoms with Crippen molar-refractivity contribution in [3.05, 3.63) is 48.0 Å². The summed E-state index contributed by atoms with van der Waals surface area (Å²) in [6.45, 7) is 3.23. The van der Waals surface area contributed by atoms with Crippen LogP contribution in [0.3, 0.4) is 0 Å². The molecular formula is C19H22O8. The molecule has 0 bridgehead atoms. The molecule has 0 aromatic heterocycles. The third-order valence-corrected chi connectivity index (χ3v) is 3.08. The van der Waals surface area contributed by atoms with Crippen LogP contribution < -0.4 is 0 Å². The normalized spacial score (nSPS) is 12.7. The molecule has 0 N–H and O–H groups in total. The van der Waals surface area contributed by atoms with Crippen LogP contribution in [0.15, 0.2) is 42.5 Å². The lowest BCUT2D eigenvalue weighted by atomic mass is 10.2. The molecule has 0 heterocycles. The summed E-state index contributed by atoms with van der Waals surface area (Å²) in [7, 11) is 0. The molecule has 8 heteroatoms. The third kappa shape index (κ3) is 9.78. The van der Waals surface area contributed by atoms with Crippen LogP contribution in [0.5, 0.6) is 0 Å². The molecule has 0 radical (unpaired) electrons. The molecule has 0 unspecified atom stereocenters. The van der Waals surface area contributed by atoms with Crippen LogP contribution in [0.4, 0.5) is 0 Å². The summed E-state index contributed by atoms with van der Waals surface area (Å²) in [6.07, 6.45) is 0.0376. The van der Waals surface area contributed by atoms with Crippen molar-refractivity contribution in [2.24, 2.45) is 0 Å². The van der Waals surface area contributed by atoms with Gasteiger partial charge >= 0.3 is 23.9 Å². The van der Waals surface area contributed by atoms with Gasteiger partial charge in [-0.1, -0.05) is 30.3 Å². The van der Waals surface area contributed by atoms with Gasteiger partial charge in [0.2, 0.25) is 0 Å². The highest BCUT2D eigenvalue weighted by Gasteiger charge is 2.26. The second-order valence-corrected chi connectivity index (χ2v) is 5.48. The zero-order chi connectivity index (χ0) is 20.2. The molecule has 0 spiro atoms. The number of benzene rings is 1. The van der Waals surface area contributed by atoms with Gasteiger partial charge in [0.05, 0.1) is 0 Å². The van der Waals surface area contributed by atoms with E-state index in [9.17, 15) is 19.2 Å². The maximum absolute atomic E-state index is 11.9. The molecule has 0 saturated heterocycles. The molecule has 1 rings (SSSR count). The van der Waals surface area contributed by atoms with Gasteiger partial charge in [-0.3, -0.25) is 14.4 Å². The number of carbonyl (C=O) groups is 4. The quantitative estimate of drug-likeness (QED) is 0.363. The summed E-state index contributed by atoms with van der Waals surface area (Å²) < 4.78 is 20.0. The minimum Gasteiger partial charge on any atom is -0.462 e. The highest BCUT2D eigenvalue weighted by Crippen LogP contribution is 2.10. The van der Waals surface area contributed by atoms with Gasteiger partial charge in [-0.2, -0.15) is 0 Å². The van der Waals surface area contributed by atoms with E-state index in [2.05, 4.69) is 0 Å². The number of ether oxygens (including phenoxy) is 4. The Hall–Kier alpha value is -3.16. The van der Waals surface area contributed by atoms with E-state index in [4.69, 9.17) is 18.9 Å². The summed E-state index contributed by atoms with van der Waals surface area (Å²) in [5.74, 6) is -2.60. The number of rotatable bonds is 9. The first-order valence-electron chi connectivity index (χ1n) is 8.14. The molecule has 0 aliphatic rings. The molecule has 0 amide bonds. The smallest absolute Gasteiger partial charge is 0.330 e. The standard InChI is InChI=1S/C19H22O8/c1-13(20)24-12-18(27-15(3)22)17(26-14(2)21)9-10-19(23)25-11-16-7-5-4-6-8-16/h4-10,17-18H,11-12H2,1-3H3/b10-9+/t17-,18-/m0/s1. The summed E-state index contributed by atoms with van der Waals surface area (Å²) in [6, 6.07) is 9.07. The first-order chi connectivity index (χ1) is 12.8. The largest absolute Gasteiger partial charge is 0.462 e. The molecule has 0 saturated carbocycles. The van der Waals surface area contributed by atoms with E-state index in [0.717, 1.165) is 25.5 Å². The van der Waals surface area contributed by atoms with Gasteiger partial charge < -0.3 is 18.9 Å². The lowest BCUT2D eigenvalue weighted by molar-refractivity contribution is -0.169. The van der Waals surface area contributed by atoms with Crippen molar-refractivity contribution < 1.29 is 38.1 Å². The first kappa shape index (κ1) is 21.9. The Labute approximate surface area is 157 Å². The van der Waals surface area contributed by atoms with Crippen molar-refractivity contribution in [2.75, 3.05) is 6.61 Å². The first-order valence-corrected chi connectivity index (χ1v) is 8.14. The Kier molecular flexibility index (Phi) is 9.28. The molecule has 0 fully saturated rings. The van der Waals surface area contributed by atoms with Gasteiger partial charge in [0, 0.05) is 26.8 Å². The van der Waals surface area contributed by atoms with Crippen molar-refractivity contribution in [1.82, 2.24) is 0 Å². The minimum atomic E-state index is -1.13. The summed E-state index contributed by atoms with van der Waals surface area (Å²) in [5.41, 5.74) is 0.809. The van der Waals surface area contributed by atoms with Gasteiger partial charge in [0.1, 0.15) is 13.2 Å². The van der Waals surface area contributed by atoms with E-state index in [1.54, 1.807) is 12.1 Å². The summed E-state index contributed by atoms with van der Waals surface area (Å²) in [5, 5.41) is 0. The van der Waals surface area contributed by atoms with Crippen LogP contribution in [-0.4, -0.2) is 42.7 Å². The van der Waals surface area contributed by atoms with Gasteiger partial charge in [-0.25, -0.2) is 4.79 Å². The van der Waals surface area contributed by atoms with E-state index < -0.39 is 36.1 Å². The molecule has 1 aromatic carbocycles. The number of hydrogen-bond donors (Lipinski definition) is 0. The van der Waals surface area contributed by atoms with Gasteiger partial charge in [0.25, 0.3) is 0 Å². The minimum absolute atomic E-state index is 0.0725. The van der Waals surface area contributed by atoms with E-state index in [1.165, 1.54) is 13.0 Å². The Balaban J connectivity index is 2.77. The van der Waals surface area contributed by atoms with Gasteiger partial charge in [-0.15, -0.1) is 0 Å². The van der Waals surface area contributed by atoms with Crippen LogP contribution in [0.25, 0.3) is 0 Å². The topological polar surface area (TPSA) is 105 Å². The maximum Gasteiger partial charge on any atom is 0.330 e. The van der Waals surface area contributed by atoms with Crippen molar-refractivity contribution in [2.45, 2.75) is 39.6 Å². The lowest BCUT2D eigenvalue weighted by Gasteiger charge is -2.23. The predicted octanol–water partition coefficient (Wildman–Crippen LogP) is 1.71. The average molecular weight is 378 g/mol. The van der Waals surface area contributed by atoms with E-state index in [-0.39, 0.29) is 13.2 Å². The maximum atomic E-state index is 11.9. The third-order valence-electron chi connectivity index (χ3n) is 3.08. The van der Waals surface area contributed by atoms with Crippen molar-refractivity contribution in [3.63, 3.8) is 0 Å². The molecule has 27 heavy (non-hydrogen) atoms. The van der Waals surface area contributed by atoms with Gasteiger partial charge in [0.15, 0.2) is 12.2 Å². The Bertz CT molecular complexity index is 680. The van der Waals surface area contributed by atoms with Gasteiger partial charge in [-0.05, 0) is 11.6 Å². The van der Waals surface area contributed by atoms with E-state index >= 15 is 0 Å². The van der Waals surface area contributed by atoms with Crippen LogP contribution in [0.1, 0.15) is 26.3 Å². The van der Waals surface area contributed by atoms with Crippen LogP contribution >= 0.6 is 0 Å². The van der Waals surface area contributed by atoms with Crippen molar-refractivity contribution in [1.29, 1.82) is 0 Å². The fraction of sp³-hybridized carbons (Fsp3) is 0.368. The molecule has 1 aromatic rings. The van der Waals surface area contributed by atoms with Crippen molar-refractivity contribution in [3.8, 4) is 0 Å². The Morgan fingerprint density at radius 3 is 2.07 bits per heavy atom. The van der Waals surface area contributed by atoms with E-state index in [0.29, 0.717) is 0 Å². The fourth-order valence-electron chi connectivity index (χ4n) is 1.99. The molecule has 146 valence electrons. The fourth-order valence-corrected chi connectivity index (χ4v) is 1.99. The summed E-state index contributed by atoms with van der Waals surface area (Å²) >= 11 is 0. The SMILES string of the molecule is CC(=O)OC[C@H](OC(C)=O)[C@H](/C=C/C(=O)OCc1ccccc1)OC(C)=O. The predicted molar refractivity (Wildman–Crippen MR) is 93.1 cm³/mol. The van der Waals surface area contributed by atoms with Crippen LogP contribution in [0.2, 0.25) is 0 Å². The number of esters is 4. The highest BCUT2D eigenvalue weighted by molar-refractivity contribution is 5.82. The monoisotopic (exact) mass is 378 g/mol. The van der Waals surface area contributed by atoms with Crippen molar-refractivity contribution >= 4 is 23.9 Å². The average Bonchev–Trinajstić information content (AvgIpc) is 2.60. The lowest BCUT2D eigenvalue weighted by Crippen LogP contribution is -2.37. The Morgan fingerprint density at radius 1 is 0.889 bits per heavy atom.